The number of benzene rings is 2. The van der Waals surface area contributed by atoms with Crippen molar-refractivity contribution in [2.45, 2.75) is 25.9 Å². The predicted molar refractivity (Wildman–Crippen MR) is 150 cm³/mol. The van der Waals surface area contributed by atoms with Gasteiger partial charge in [0.2, 0.25) is 5.91 Å². The number of allylic oxidation sites excluding steroid dienone is 1. The summed E-state index contributed by atoms with van der Waals surface area (Å²) < 4.78 is 21.8. The van der Waals surface area contributed by atoms with Crippen LogP contribution in [0.1, 0.15) is 30.5 Å². The van der Waals surface area contributed by atoms with Crippen molar-refractivity contribution in [3.8, 4) is 11.5 Å². The van der Waals surface area contributed by atoms with E-state index < -0.39 is 12.0 Å². The van der Waals surface area contributed by atoms with Gasteiger partial charge in [-0.25, -0.2) is 9.79 Å². The average molecular weight is 552 g/mol. The van der Waals surface area contributed by atoms with Crippen molar-refractivity contribution in [1.29, 1.82) is 0 Å². The number of ether oxygens (including phenoxy) is 4. The van der Waals surface area contributed by atoms with Gasteiger partial charge in [0.05, 0.1) is 44.6 Å². The van der Waals surface area contributed by atoms with Crippen molar-refractivity contribution in [1.82, 2.24) is 9.80 Å². The lowest BCUT2D eigenvalue weighted by Gasteiger charge is -2.37. The monoisotopic (exact) mass is 551 g/mol. The molecule has 206 valence electrons. The first kappa shape index (κ1) is 28.3. The number of hydrogen-bond donors (Lipinski definition) is 0. The lowest BCUT2D eigenvalue weighted by Crippen LogP contribution is -2.38. The standard InChI is InChI=1S/C29H33N3O6S/c1-19-26(28(34)38-14-13-35-3)27(23-16-22(36-4)11-12-24(23)37-5)32-21(18-39-29(32)30-19)15-25(33)31(2)17-20-9-7-6-8-10-20/h6-12,16,18,27H,13-15,17H2,1-5H3. The number of aliphatic imine (C=N–C) groups is 1. The molecule has 39 heavy (non-hydrogen) atoms. The SMILES string of the molecule is COCCOC(=O)C1=C(C)N=C2SC=C(CC(=O)N(C)Cc3ccccc3)N2C1c1cc(OC)ccc1OC. The summed E-state index contributed by atoms with van der Waals surface area (Å²) in [7, 11) is 6.49. The number of amidine groups is 1. The van der Waals surface area contributed by atoms with Gasteiger partial charge in [0, 0.05) is 32.0 Å². The second kappa shape index (κ2) is 12.9. The number of hydrogen-bond acceptors (Lipinski definition) is 9. The lowest BCUT2D eigenvalue weighted by atomic mass is 9.92. The highest BCUT2D eigenvalue weighted by atomic mass is 32.2. The molecule has 0 radical (unpaired) electrons. The van der Waals surface area contributed by atoms with Crippen LogP contribution in [-0.4, -0.2) is 68.4 Å². The second-order valence-electron chi connectivity index (χ2n) is 9.04. The van der Waals surface area contributed by atoms with E-state index in [4.69, 9.17) is 23.9 Å². The Bertz CT molecular complexity index is 1310. The van der Waals surface area contributed by atoms with E-state index in [1.807, 2.05) is 46.7 Å². The van der Waals surface area contributed by atoms with Crippen molar-refractivity contribution in [2.75, 3.05) is 41.6 Å². The van der Waals surface area contributed by atoms with E-state index in [1.165, 1.54) is 11.8 Å². The van der Waals surface area contributed by atoms with Gasteiger partial charge in [-0.2, -0.15) is 0 Å². The van der Waals surface area contributed by atoms with Crippen LogP contribution in [0.15, 0.2) is 75.9 Å². The summed E-state index contributed by atoms with van der Waals surface area (Å²) in [6.07, 6.45) is 0.128. The quantitative estimate of drug-likeness (QED) is 0.298. The smallest absolute Gasteiger partial charge is 0.338 e. The normalized spacial score (nSPS) is 16.3. The van der Waals surface area contributed by atoms with Crippen LogP contribution in [0.2, 0.25) is 0 Å². The molecule has 0 aromatic heterocycles. The Morgan fingerprint density at radius 1 is 1.05 bits per heavy atom. The van der Waals surface area contributed by atoms with E-state index in [2.05, 4.69) is 0 Å². The molecule has 2 aliphatic rings. The number of methoxy groups -OCH3 is 3. The molecular formula is C29H33N3O6S. The van der Waals surface area contributed by atoms with Crippen molar-refractivity contribution < 1.29 is 28.5 Å². The Morgan fingerprint density at radius 3 is 2.51 bits per heavy atom. The number of fused-ring (bicyclic) bond motifs is 1. The zero-order valence-corrected chi connectivity index (χ0v) is 23.6. The molecular weight excluding hydrogens is 518 g/mol. The van der Waals surface area contributed by atoms with Crippen LogP contribution in [-0.2, 0) is 25.6 Å². The third-order valence-corrected chi connectivity index (χ3v) is 7.38. The maximum absolute atomic E-state index is 13.4. The number of esters is 1. The summed E-state index contributed by atoms with van der Waals surface area (Å²) in [4.78, 5) is 35.1. The fourth-order valence-electron chi connectivity index (χ4n) is 4.51. The topological polar surface area (TPSA) is 89.9 Å². The predicted octanol–water partition coefficient (Wildman–Crippen LogP) is 4.52. The summed E-state index contributed by atoms with van der Waals surface area (Å²) in [6, 6.07) is 14.6. The first-order chi connectivity index (χ1) is 18.9. The summed E-state index contributed by atoms with van der Waals surface area (Å²) in [5, 5.41) is 2.59. The number of rotatable bonds is 11. The van der Waals surface area contributed by atoms with E-state index in [0.717, 1.165) is 11.3 Å². The van der Waals surface area contributed by atoms with Gasteiger partial charge in [-0.1, -0.05) is 42.1 Å². The second-order valence-corrected chi connectivity index (χ2v) is 9.88. The first-order valence-electron chi connectivity index (χ1n) is 12.5. The third-order valence-electron chi connectivity index (χ3n) is 6.49. The molecule has 2 aliphatic heterocycles. The van der Waals surface area contributed by atoms with Gasteiger partial charge in [0.1, 0.15) is 18.1 Å². The van der Waals surface area contributed by atoms with Crippen LogP contribution in [0.25, 0.3) is 0 Å². The Kier molecular flexibility index (Phi) is 9.32. The minimum Gasteiger partial charge on any atom is -0.497 e. The molecule has 1 amide bonds. The molecule has 0 bridgehead atoms. The summed E-state index contributed by atoms with van der Waals surface area (Å²) >= 11 is 1.42. The van der Waals surface area contributed by atoms with Gasteiger partial charge >= 0.3 is 5.97 Å². The molecule has 0 aliphatic carbocycles. The first-order valence-corrected chi connectivity index (χ1v) is 13.4. The molecule has 1 atom stereocenters. The van der Waals surface area contributed by atoms with Crippen molar-refractivity contribution in [2.24, 2.45) is 4.99 Å². The molecule has 2 aromatic rings. The van der Waals surface area contributed by atoms with Gasteiger partial charge in [-0.15, -0.1) is 0 Å². The maximum Gasteiger partial charge on any atom is 0.338 e. The Morgan fingerprint density at radius 2 is 1.82 bits per heavy atom. The third kappa shape index (κ3) is 6.29. The van der Waals surface area contributed by atoms with Crippen molar-refractivity contribution >= 4 is 28.8 Å². The molecule has 2 aromatic carbocycles. The van der Waals surface area contributed by atoms with Gasteiger partial charge in [-0.05, 0) is 36.1 Å². The van der Waals surface area contributed by atoms with Crippen LogP contribution < -0.4 is 9.47 Å². The highest BCUT2D eigenvalue weighted by molar-refractivity contribution is 8.16. The Labute approximate surface area is 233 Å². The highest BCUT2D eigenvalue weighted by Crippen LogP contribution is 2.47. The molecule has 0 fully saturated rings. The Hall–Kier alpha value is -3.76. The molecule has 2 heterocycles. The van der Waals surface area contributed by atoms with E-state index in [1.54, 1.807) is 52.3 Å². The zero-order chi connectivity index (χ0) is 27.9. The van der Waals surface area contributed by atoms with E-state index in [-0.39, 0.29) is 25.5 Å². The van der Waals surface area contributed by atoms with Gasteiger partial charge in [0.15, 0.2) is 5.17 Å². The summed E-state index contributed by atoms with van der Waals surface area (Å²) in [5.41, 5.74) is 3.36. The molecule has 9 nitrogen and oxygen atoms in total. The van der Waals surface area contributed by atoms with E-state index >= 15 is 0 Å². The number of thioether (sulfide) groups is 1. The molecule has 0 spiro atoms. The summed E-state index contributed by atoms with van der Waals surface area (Å²) in [5.74, 6) is 0.612. The van der Waals surface area contributed by atoms with E-state index in [9.17, 15) is 9.59 Å². The van der Waals surface area contributed by atoms with Crippen LogP contribution in [0.3, 0.4) is 0 Å². The minimum atomic E-state index is -0.647. The van der Waals surface area contributed by atoms with Crippen LogP contribution in [0.5, 0.6) is 11.5 Å². The maximum atomic E-state index is 13.4. The molecule has 0 saturated heterocycles. The Balaban J connectivity index is 1.70. The van der Waals surface area contributed by atoms with Crippen LogP contribution in [0, 0.1) is 0 Å². The van der Waals surface area contributed by atoms with E-state index in [0.29, 0.717) is 40.0 Å². The zero-order valence-electron chi connectivity index (χ0n) is 22.8. The number of carbonyl (C=O) groups is 2. The molecule has 0 N–H and O–H groups in total. The van der Waals surface area contributed by atoms with Gasteiger partial charge < -0.3 is 28.7 Å². The van der Waals surface area contributed by atoms with Gasteiger partial charge in [-0.3, -0.25) is 4.79 Å². The van der Waals surface area contributed by atoms with Crippen LogP contribution in [0.4, 0.5) is 0 Å². The molecule has 10 heteroatoms. The highest BCUT2D eigenvalue weighted by Gasteiger charge is 2.42. The van der Waals surface area contributed by atoms with Crippen LogP contribution >= 0.6 is 11.8 Å². The fourth-order valence-corrected chi connectivity index (χ4v) is 5.47. The van der Waals surface area contributed by atoms with Crippen molar-refractivity contribution in [3.63, 3.8) is 0 Å². The molecule has 0 saturated carbocycles. The largest absolute Gasteiger partial charge is 0.497 e. The summed E-state index contributed by atoms with van der Waals surface area (Å²) in [6.45, 7) is 2.65. The van der Waals surface area contributed by atoms with Crippen molar-refractivity contribution in [3.05, 3.63) is 82.0 Å². The molecule has 1 unspecified atom stereocenters. The fraction of sp³-hybridized carbons (Fsp3) is 0.345. The number of carbonyl (C=O) groups excluding carboxylic acids is 2. The van der Waals surface area contributed by atoms with Gasteiger partial charge in [0.25, 0.3) is 0 Å². The lowest BCUT2D eigenvalue weighted by molar-refractivity contribution is -0.141. The molecule has 4 rings (SSSR count). The number of nitrogens with zero attached hydrogens (tertiary/aromatic N) is 3. The minimum absolute atomic E-state index is 0.0567. The number of amides is 1. The average Bonchev–Trinajstić information content (AvgIpc) is 3.34.